The van der Waals surface area contributed by atoms with Crippen molar-refractivity contribution in [2.45, 2.75) is 16.9 Å². The van der Waals surface area contributed by atoms with Crippen LogP contribution in [0.4, 0.5) is 5.69 Å². The first-order valence-corrected chi connectivity index (χ1v) is 6.54. The summed E-state index contributed by atoms with van der Waals surface area (Å²) in [5.41, 5.74) is 8.72. The average molecular weight is 242 g/mol. The molecule has 0 aliphatic carbocycles. The summed E-state index contributed by atoms with van der Waals surface area (Å²) >= 11 is 1.72. The second-order valence-electron chi connectivity index (χ2n) is 4.09. The Morgan fingerprint density at radius 3 is 2.53 bits per heavy atom. The summed E-state index contributed by atoms with van der Waals surface area (Å²) in [5.74, 6) is 0. The van der Waals surface area contributed by atoms with Crippen molar-refractivity contribution >= 4 is 17.4 Å². The third-order valence-corrected chi connectivity index (χ3v) is 4.02. The molecule has 0 saturated carbocycles. The summed E-state index contributed by atoms with van der Waals surface area (Å²) in [7, 11) is 0. The number of para-hydroxylation sites is 1. The summed E-state index contributed by atoms with van der Waals surface area (Å²) in [4.78, 5) is 3.52. The number of hydrogen-bond acceptors (Lipinski definition) is 3. The molecule has 2 aromatic carbocycles. The first-order chi connectivity index (χ1) is 8.34. The Labute approximate surface area is 105 Å². The van der Waals surface area contributed by atoms with E-state index in [9.17, 15) is 0 Å². The van der Waals surface area contributed by atoms with Crippen LogP contribution in [-0.2, 0) is 6.54 Å². The van der Waals surface area contributed by atoms with Crippen LogP contribution >= 0.6 is 11.8 Å². The lowest BCUT2D eigenvalue weighted by Crippen LogP contribution is -2.35. The third-order valence-electron chi connectivity index (χ3n) is 2.93. The molecule has 1 atom stereocenters. The first-order valence-electron chi connectivity index (χ1n) is 5.66. The van der Waals surface area contributed by atoms with Crippen LogP contribution in [0.25, 0.3) is 0 Å². The van der Waals surface area contributed by atoms with E-state index in [1.54, 1.807) is 11.8 Å². The number of rotatable bonds is 2. The lowest BCUT2D eigenvalue weighted by atomic mass is 10.2. The maximum absolute atomic E-state index is 6.17. The molecule has 2 aromatic rings. The summed E-state index contributed by atoms with van der Waals surface area (Å²) in [5, 5.41) is 0. The lowest BCUT2D eigenvalue weighted by Gasteiger charge is -2.23. The predicted molar refractivity (Wildman–Crippen MR) is 72.9 cm³/mol. The van der Waals surface area contributed by atoms with Gasteiger partial charge in [0.25, 0.3) is 0 Å². The molecule has 17 heavy (non-hydrogen) atoms. The van der Waals surface area contributed by atoms with Gasteiger partial charge in [-0.3, -0.25) is 0 Å². The van der Waals surface area contributed by atoms with Gasteiger partial charge in [0.2, 0.25) is 0 Å². The van der Waals surface area contributed by atoms with Crippen molar-refractivity contribution in [3.63, 3.8) is 0 Å². The van der Waals surface area contributed by atoms with E-state index in [1.807, 2.05) is 6.07 Å². The van der Waals surface area contributed by atoms with Crippen molar-refractivity contribution in [3.05, 3.63) is 60.2 Å². The van der Waals surface area contributed by atoms with Gasteiger partial charge in [-0.2, -0.15) is 0 Å². The Morgan fingerprint density at radius 1 is 1.00 bits per heavy atom. The minimum Gasteiger partial charge on any atom is -0.342 e. The summed E-state index contributed by atoms with van der Waals surface area (Å²) < 4.78 is 0. The zero-order valence-electron chi connectivity index (χ0n) is 9.41. The monoisotopic (exact) mass is 242 g/mol. The molecule has 0 fully saturated rings. The number of nitrogens with zero attached hydrogens (tertiary/aromatic N) is 1. The zero-order chi connectivity index (χ0) is 11.7. The Kier molecular flexibility index (Phi) is 2.79. The number of hydrogen-bond donors (Lipinski definition) is 1. The molecule has 0 radical (unpaired) electrons. The van der Waals surface area contributed by atoms with Gasteiger partial charge in [-0.15, -0.1) is 0 Å². The van der Waals surface area contributed by atoms with Gasteiger partial charge < -0.3 is 10.6 Å². The minimum absolute atomic E-state index is 0.0209. The Morgan fingerprint density at radius 2 is 1.71 bits per heavy atom. The molecule has 0 amide bonds. The van der Waals surface area contributed by atoms with Crippen LogP contribution in [0, 0.1) is 0 Å². The van der Waals surface area contributed by atoms with Gasteiger partial charge in [-0.1, -0.05) is 54.2 Å². The van der Waals surface area contributed by atoms with Crippen LogP contribution in [0.15, 0.2) is 59.5 Å². The lowest BCUT2D eigenvalue weighted by molar-refractivity contribution is 0.779. The second kappa shape index (κ2) is 4.43. The second-order valence-corrected chi connectivity index (χ2v) is 5.25. The van der Waals surface area contributed by atoms with Gasteiger partial charge >= 0.3 is 0 Å². The maximum Gasteiger partial charge on any atom is 0.130 e. The van der Waals surface area contributed by atoms with Crippen molar-refractivity contribution in [2.24, 2.45) is 5.73 Å². The smallest absolute Gasteiger partial charge is 0.130 e. The SMILES string of the molecule is NC1Sc2ccccc2N1Cc1ccccc1. The molecule has 0 bridgehead atoms. The van der Waals surface area contributed by atoms with Crippen molar-refractivity contribution in [1.82, 2.24) is 0 Å². The Hall–Kier alpha value is -1.45. The maximum atomic E-state index is 6.17. The first kappa shape index (κ1) is 10.7. The molecule has 2 N–H and O–H groups in total. The van der Waals surface area contributed by atoms with Gasteiger partial charge in [0.15, 0.2) is 0 Å². The summed E-state index contributed by atoms with van der Waals surface area (Å²) in [6.45, 7) is 0.867. The highest BCUT2D eigenvalue weighted by Crippen LogP contribution is 2.41. The van der Waals surface area contributed by atoms with Crippen molar-refractivity contribution in [2.75, 3.05) is 4.90 Å². The summed E-state index contributed by atoms with van der Waals surface area (Å²) in [6.07, 6.45) is 0. The van der Waals surface area contributed by atoms with Crippen LogP contribution in [0.3, 0.4) is 0 Å². The Balaban J connectivity index is 1.89. The molecule has 0 spiro atoms. The zero-order valence-corrected chi connectivity index (χ0v) is 10.2. The fourth-order valence-corrected chi connectivity index (χ4v) is 3.12. The predicted octanol–water partition coefficient (Wildman–Crippen LogP) is 3.04. The molecule has 86 valence electrons. The van der Waals surface area contributed by atoms with Gasteiger partial charge in [-0.05, 0) is 17.7 Å². The highest BCUT2D eigenvalue weighted by Gasteiger charge is 2.26. The average Bonchev–Trinajstić information content (AvgIpc) is 2.68. The van der Waals surface area contributed by atoms with E-state index in [1.165, 1.54) is 16.1 Å². The highest BCUT2D eigenvalue weighted by atomic mass is 32.2. The van der Waals surface area contributed by atoms with Crippen LogP contribution < -0.4 is 10.6 Å². The third kappa shape index (κ3) is 2.04. The molecular weight excluding hydrogens is 228 g/mol. The van der Waals surface area contributed by atoms with Crippen LogP contribution in [0.5, 0.6) is 0 Å². The molecule has 1 heterocycles. The van der Waals surface area contributed by atoms with Crippen molar-refractivity contribution < 1.29 is 0 Å². The standard InChI is InChI=1S/C14H14N2S/c15-14-16(10-11-6-2-1-3-7-11)12-8-4-5-9-13(12)17-14/h1-9,14H,10,15H2. The molecule has 1 unspecified atom stereocenters. The van der Waals surface area contributed by atoms with Crippen molar-refractivity contribution in [1.29, 1.82) is 0 Å². The quantitative estimate of drug-likeness (QED) is 0.877. The molecule has 2 nitrogen and oxygen atoms in total. The number of anilines is 1. The summed E-state index contributed by atoms with van der Waals surface area (Å²) in [6, 6.07) is 18.8. The molecule has 1 aliphatic heterocycles. The van der Waals surface area contributed by atoms with E-state index in [0.717, 1.165) is 6.54 Å². The van der Waals surface area contributed by atoms with E-state index in [2.05, 4.69) is 53.4 Å². The van der Waals surface area contributed by atoms with Gasteiger partial charge in [0.05, 0.1) is 5.69 Å². The number of thioether (sulfide) groups is 1. The van der Waals surface area contributed by atoms with Crippen LogP contribution in [0.1, 0.15) is 5.56 Å². The fourth-order valence-electron chi connectivity index (χ4n) is 2.08. The van der Waals surface area contributed by atoms with Crippen molar-refractivity contribution in [3.8, 4) is 0 Å². The molecule has 3 heteroatoms. The van der Waals surface area contributed by atoms with E-state index < -0.39 is 0 Å². The number of benzene rings is 2. The van der Waals surface area contributed by atoms with E-state index in [0.29, 0.717) is 0 Å². The van der Waals surface area contributed by atoms with E-state index in [-0.39, 0.29) is 5.50 Å². The molecular formula is C14H14N2S. The fraction of sp³-hybridized carbons (Fsp3) is 0.143. The number of nitrogens with two attached hydrogens (primary N) is 1. The topological polar surface area (TPSA) is 29.3 Å². The minimum atomic E-state index is 0.0209. The largest absolute Gasteiger partial charge is 0.342 e. The normalized spacial score (nSPS) is 18.2. The highest BCUT2D eigenvalue weighted by molar-refractivity contribution is 8.00. The van der Waals surface area contributed by atoms with Gasteiger partial charge in [0, 0.05) is 11.4 Å². The molecule has 1 aliphatic rings. The van der Waals surface area contributed by atoms with Gasteiger partial charge in [-0.25, -0.2) is 0 Å². The van der Waals surface area contributed by atoms with Gasteiger partial charge in [0.1, 0.15) is 5.50 Å². The Bertz CT molecular complexity index is 513. The van der Waals surface area contributed by atoms with Crippen LogP contribution in [-0.4, -0.2) is 5.50 Å². The molecule has 3 rings (SSSR count). The van der Waals surface area contributed by atoms with E-state index in [4.69, 9.17) is 5.73 Å². The molecule has 0 aromatic heterocycles. The molecule has 0 saturated heterocycles. The number of fused-ring (bicyclic) bond motifs is 1. The van der Waals surface area contributed by atoms with Crippen LogP contribution in [0.2, 0.25) is 0 Å². The van der Waals surface area contributed by atoms with E-state index >= 15 is 0 Å².